The maximum atomic E-state index is 12.1. The fourth-order valence-electron chi connectivity index (χ4n) is 12.2. The summed E-state index contributed by atoms with van der Waals surface area (Å²) in [5.41, 5.74) is 14.2. The summed E-state index contributed by atoms with van der Waals surface area (Å²) in [6.45, 7) is 15.3. The van der Waals surface area contributed by atoms with Gasteiger partial charge in [-0.05, 0) is 186 Å². The van der Waals surface area contributed by atoms with Crippen LogP contribution in [0.25, 0.3) is 34.1 Å². The van der Waals surface area contributed by atoms with Gasteiger partial charge in [0.15, 0.2) is 11.9 Å². The van der Waals surface area contributed by atoms with Gasteiger partial charge in [0.1, 0.15) is 18.4 Å². The Balaban J connectivity index is 0.000000221. The summed E-state index contributed by atoms with van der Waals surface area (Å²) in [5, 5.41) is 55.4. The van der Waals surface area contributed by atoms with E-state index in [-0.39, 0.29) is 262 Å². The first kappa shape index (κ1) is 112. The molecule has 0 N–H and O–H groups in total. The Kier molecular flexibility index (Phi) is 45.1. The normalized spacial score (nSPS) is 10.2. The Morgan fingerprint density at radius 2 is 0.728 bits per heavy atom. The minimum absolute atomic E-state index is 0. The molecule has 6 radical (unpaired) electrons. The van der Waals surface area contributed by atoms with Crippen LogP contribution < -0.4 is 67.7 Å². The number of hydrogen-bond donors (Lipinski definition) is 0. The molecule has 0 aliphatic rings. The third-order valence-corrected chi connectivity index (χ3v) is 20.0. The molecular formula is C85H81N31O13SY6-6. The first-order valence-electron chi connectivity index (χ1n) is 39.2. The van der Waals surface area contributed by atoms with Crippen molar-refractivity contribution in [3.8, 4) is 68.8 Å². The maximum Gasteiger partial charge on any atom is 0.368 e. The van der Waals surface area contributed by atoms with Crippen LogP contribution in [0.3, 0.4) is 0 Å². The van der Waals surface area contributed by atoms with Gasteiger partial charge in [0.05, 0.1) is 60.6 Å². The number of nitrogens with zero attached hydrogens (tertiary/aromatic N) is 31. The topological polar surface area (TPSA) is 476 Å². The number of aromatic nitrogens is 31. The number of thiazole rings is 1. The monoisotopic (exact) mass is 2310 g/mol. The molecule has 0 amide bonds. The Bertz CT molecular complexity index is 6730. The van der Waals surface area contributed by atoms with Gasteiger partial charge in [0.25, 0.3) is 0 Å². The summed E-state index contributed by atoms with van der Waals surface area (Å²) in [5.74, 6) is 1.90. The number of hydrogen-bond acceptors (Lipinski definition) is 32. The van der Waals surface area contributed by atoms with Crippen molar-refractivity contribution in [2.24, 2.45) is 42.3 Å². The number of oxazole rings is 1. The zero-order chi connectivity index (χ0) is 91.9. The first-order valence-corrected chi connectivity index (χ1v) is 40.1. The molecule has 0 atom stereocenters. The Hall–Kier alpha value is -10.5. The van der Waals surface area contributed by atoms with Crippen LogP contribution in [0.2, 0.25) is 0 Å². The number of ether oxygens (including phenoxy) is 6. The molecule has 0 unspecified atom stereocenters. The summed E-state index contributed by atoms with van der Waals surface area (Å²) in [4.78, 5) is 91.2. The zero-order valence-corrected chi connectivity index (χ0v) is 93.5. The van der Waals surface area contributed by atoms with E-state index >= 15 is 0 Å². The predicted molar refractivity (Wildman–Crippen MR) is 462 cm³/mol. The molecule has 0 spiro atoms. The average molecular weight is 2310 g/mol. The molecule has 18 aromatic rings. The molecule has 0 bridgehead atoms. The summed E-state index contributed by atoms with van der Waals surface area (Å²) in [7, 11) is 9.33. The van der Waals surface area contributed by atoms with E-state index in [1.165, 1.54) is 70.7 Å². The van der Waals surface area contributed by atoms with Crippen molar-refractivity contribution in [3.05, 3.63) is 348 Å². The van der Waals surface area contributed by atoms with E-state index in [1.54, 1.807) is 84.2 Å². The van der Waals surface area contributed by atoms with Crippen LogP contribution in [-0.2, 0) is 278 Å². The van der Waals surface area contributed by atoms with Crippen LogP contribution in [0.4, 0.5) is 0 Å². The van der Waals surface area contributed by atoms with E-state index in [9.17, 15) is 28.8 Å². The number of aryl methyl sites for hydroxylation is 13. The molecule has 8 aromatic carbocycles. The van der Waals surface area contributed by atoms with Gasteiger partial charge in [0, 0.05) is 296 Å². The summed E-state index contributed by atoms with van der Waals surface area (Å²) in [6, 6.07) is 54.6. The standard InChI is InChI=1S/C17H17N4O2.C16H15N4O2.C13H12N7O2.C13H13N6O2.C13H12N5O3.C13H12N5O2S.6Y/c1-12-7-9-14(10-8-12)23-11-15-13(2)5-4-6-16(15)21-17(22)20(3)18-19-21;1-12-7-6-10-15(20-16(21)19(2)17-18-20)14(12)11-22-13-8-4-3-5-9-13;1-9-4-3-5-11(20-13(21)19(2)17-18-20)10(9)6-22-12-15-7-14-8-16-12;1-9-4-3-5-11(19-13(20)18(2)16-17-19)10(9)8-21-12-6-7-14-15-12;1-9-4-3-5-11(18-13(19)17(2)15-16-18)10(9)8-21-12-14-6-7-20-12;1-9-4-3-5-11(18-13(19)17(2)15-16-18)10(9)8-20-12-14-6-7-21-12;;;;;;/h4-7,9-10H,11H2,1-3H3;3-4,6-10H,11H2,1-2H3;3-5,7H,6H2,1-2H3;3-7H,8H2,1-2H3;2*3-5,7H,8H2,1-2H3;;;;;;/q6*-1;;;;;;. The van der Waals surface area contributed by atoms with E-state index in [0.29, 0.717) is 65.0 Å². The second-order valence-corrected chi connectivity index (χ2v) is 28.9. The van der Waals surface area contributed by atoms with Gasteiger partial charge in [-0.2, -0.15) is 98.3 Å². The van der Waals surface area contributed by atoms with Crippen molar-refractivity contribution in [1.29, 1.82) is 0 Å². The van der Waals surface area contributed by atoms with E-state index in [1.807, 2.05) is 176 Å². The predicted octanol–water partition coefficient (Wildman–Crippen LogP) is 5.40. The van der Waals surface area contributed by atoms with Gasteiger partial charge < -0.3 is 68.0 Å². The minimum atomic E-state index is -0.333. The molecular weight excluding hydrogens is 2230 g/mol. The molecule has 0 saturated heterocycles. The van der Waals surface area contributed by atoms with Crippen molar-refractivity contribution in [3.63, 3.8) is 0 Å². The van der Waals surface area contributed by atoms with E-state index in [4.69, 9.17) is 32.8 Å². The molecule has 0 saturated carbocycles. The van der Waals surface area contributed by atoms with Gasteiger partial charge in [-0.1, -0.05) is 85.1 Å². The Morgan fingerprint density at radius 3 is 1.02 bits per heavy atom. The van der Waals surface area contributed by atoms with Crippen molar-refractivity contribution < 1.29 is 229 Å². The quantitative estimate of drug-likeness (QED) is 0.0683. The number of benzene rings is 8. The second-order valence-electron chi connectivity index (χ2n) is 28.1. The zero-order valence-electron chi connectivity index (χ0n) is 75.6. The smallest absolute Gasteiger partial charge is 0.368 e. The van der Waals surface area contributed by atoms with Gasteiger partial charge in [-0.25, -0.2) is 40.1 Å². The fraction of sp³-hybridized carbons (Fsp3) is 0.224. The molecule has 10 aromatic heterocycles. The third-order valence-electron chi connectivity index (χ3n) is 19.4. The fourth-order valence-corrected chi connectivity index (χ4v) is 12.6. The van der Waals surface area contributed by atoms with Crippen molar-refractivity contribution in [1.82, 2.24) is 154 Å². The number of tetrazole rings is 6. The van der Waals surface area contributed by atoms with Gasteiger partial charge in [0.2, 0.25) is 6.08 Å². The molecule has 44 nitrogen and oxygen atoms in total. The minimum Gasteiger partial charge on any atom is -0.579 e. The van der Waals surface area contributed by atoms with Gasteiger partial charge in [-0.15, -0.1) is 36.7 Å². The second kappa shape index (κ2) is 54.6. The van der Waals surface area contributed by atoms with E-state index < -0.39 is 0 Å². The Labute approximate surface area is 929 Å². The summed E-state index contributed by atoms with van der Waals surface area (Å²) in [6.07, 6.45) is 11.9. The van der Waals surface area contributed by atoms with E-state index in [0.717, 1.165) is 93.2 Å². The van der Waals surface area contributed by atoms with Crippen LogP contribution >= 0.6 is 11.3 Å². The molecule has 0 aliphatic carbocycles. The number of rotatable bonds is 24. The average Bonchev–Trinajstić information content (AvgIpc) is 1.67. The van der Waals surface area contributed by atoms with Crippen molar-refractivity contribution in [2.45, 2.75) is 88.1 Å². The molecule has 0 aliphatic heterocycles. The molecule has 0 fully saturated rings. The van der Waals surface area contributed by atoms with E-state index in [2.05, 4.69) is 129 Å². The molecule has 10 heterocycles. The molecule has 51 heteroatoms. The van der Waals surface area contributed by atoms with Crippen molar-refractivity contribution >= 4 is 11.3 Å². The maximum absolute atomic E-state index is 12.1. The van der Waals surface area contributed by atoms with Crippen molar-refractivity contribution in [2.75, 3.05) is 0 Å². The summed E-state index contributed by atoms with van der Waals surface area (Å²) >= 11 is 1.37. The SMILES string of the molecule is Cc1[c-]cc(OCc2c(C)cccc2-n2nnn(C)c2=O)cc1.Cc1cccc(-n2nnn(C)c2=O)c1COc1c[c-]ccc1.Cc1cccc(-n2nnn(C)c2=O)c1COc1cc[n-]n1.Cc1cccc(-n2nnn(C)c2=O)c1COc1n[c-]co1.Cc1cccc(-n2nnn(C)c2=O)c1COc1n[c-]cs1.Cc1cccc(-n2nnn(C)c2=O)c1COc1n[c-]ncn1.[Y].[Y].[Y].[Y].[Y].[Y]. The molecule has 136 heavy (non-hydrogen) atoms. The van der Waals surface area contributed by atoms with Crippen LogP contribution in [0.15, 0.2) is 215 Å². The Morgan fingerprint density at radius 1 is 0.368 bits per heavy atom. The van der Waals surface area contributed by atoms with Crippen LogP contribution in [-0.4, -0.2) is 149 Å². The van der Waals surface area contributed by atoms with Gasteiger partial charge in [-0.3, -0.25) is 0 Å². The molecule has 18 rings (SSSR count). The third kappa shape index (κ3) is 29.1. The van der Waals surface area contributed by atoms with Crippen LogP contribution in [0.5, 0.6) is 34.7 Å². The van der Waals surface area contributed by atoms with Crippen LogP contribution in [0, 0.1) is 79.3 Å². The van der Waals surface area contributed by atoms with Crippen LogP contribution in [0.1, 0.15) is 72.3 Å². The summed E-state index contributed by atoms with van der Waals surface area (Å²) < 4.78 is 53.4. The largest absolute Gasteiger partial charge is 0.579 e. The first-order chi connectivity index (χ1) is 62.9. The molecule has 684 valence electrons. The van der Waals surface area contributed by atoms with Gasteiger partial charge >= 0.3 is 34.1 Å².